The van der Waals surface area contributed by atoms with Crippen molar-refractivity contribution in [3.8, 4) is 85.3 Å². The maximum Gasteiger partial charge on any atom is 0.270 e. The van der Waals surface area contributed by atoms with Gasteiger partial charge >= 0.3 is 0 Å². The van der Waals surface area contributed by atoms with E-state index in [2.05, 4.69) is 173 Å². The summed E-state index contributed by atoms with van der Waals surface area (Å²) in [6, 6.07) is 68.0. The fourth-order valence-corrected chi connectivity index (χ4v) is 15.1. The molecule has 3 aromatic heterocycles. The van der Waals surface area contributed by atoms with Crippen LogP contribution < -0.4 is 50.3 Å². The molecule has 0 bridgehead atoms. The second-order valence-electron chi connectivity index (χ2n) is 19.6. The minimum Gasteiger partial charge on any atom is -0.458 e. The maximum atomic E-state index is 6.98. The molecule has 4 aliphatic rings. The van der Waals surface area contributed by atoms with Gasteiger partial charge in [-0.15, -0.1) is 0 Å². The topological polar surface area (TPSA) is 63.6 Å². The Morgan fingerprint density at radius 3 is 1.96 bits per heavy atom. The summed E-state index contributed by atoms with van der Waals surface area (Å²) in [6.45, 7) is 4.81. The Morgan fingerprint density at radius 2 is 1.22 bits per heavy atom. The van der Waals surface area contributed by atoms with Crippen LogP contribution in [0.25, 0.3) is 72.3 Å². The van der Waals surface area contributed by atoms with Gasteiger partial charge in [-0.25, -0.2) is 4.98 Å². The molecule has 7 heterocycles. The summed E-state index contributed by atoms with van der Waals surface area (Å²) < 4.78 is 33.9. The van der Waals surface area contributed by atoms with Crippen molar-refractivity contribution >= 4 is 74.5 Å². The molecule has 12 aromatic rings. The van der Waals surface area contributed by atoms with Crippen LogP contribution >= 0.6 is 0 Å². The first-order chi connectivity index (χ1) is 35.5. The van der Waals surface area contributed by atoms with Crippen LogP contribution in [0.4, 0.5) is 0 Å². The second kappa shape index (κ2) is 14.5. The van der Waals surface area contributed by atoms with E-state index in [1.807, 2.05) is 60.8 Å². The number of pyridine rings is 1. The van der Waals surface area contributed by atoms with Crippen molar-refractivity contribution < 1.29 is 23.5 Å². The van der Waals surface area contributed by atoms with Crippen molar-refractivity contribution in [3.05, 3.63) is 207 Å². The van der Waals surface area contributed by atoms with Gasteiger partial charge in [0.05, 0.1) is 39.0 Å². The number of hydrogen-bond donors (Lipinski definition) is 0. The summed E-state index contributed by atoms with van der Waals surface area (Å²) in [5.74, 6) is 6.16. The highest BCUT2D eigenvalue weighted by Crippen LogP contribution is 2.47. The van der Waals surface area contributed by atoms with Gasteiger partial charge in [0.15, 0.2) is 0 Å². The third kappa shape index (κ3) is 5.41. The van der Waals surface area contributed by atoms with Gasteiger partial charge in [0.2, 0.25) is 0 Å². The predicted octanol–water partition coefficient (Wildman–Crippen LogP) is 11.3. The SMILES string of the molecule is C[Si]1(C)c2ccc(Oc3cccc(-n4c5cc6c7c(c5c5cccnc54)Oc4cccc5c4B7c4c(cccc4O6)O5)c3)cc2-n2[c-][n+](-c3c(-c4ccccc4)cccc3-c3ccccc3)c3cccc1c32. The van der Waals surface area contributed by atoms with E-state index in [0.29, 0.717) is 5.75 Å². The quantitative estimate of drug-likeness (QED) is 0.0944. The Bertz CT molecular complexity index is 4260. The molecular weight excluding hydrogens is 904 g/mol. The van der Waals surface area contributed by atoms with E-state index in [1.165, 1.54) is 15.9 Å². The van der Waals surface area contributed by atoms with Crippen LogP contribution in [0.5, 0.6) is 46.0 Å². The molecule has 0 radical (unpaired) electrons. The van der Waals surface area contributed by atoms with Crippen molar-refractivity contribution in [3.63, 3.8) is 0 Å². The van der Waals surface area contributed by atoms with Gasteiger partial charge in [-0.1, -0.05) is 134 Å². The number of imidazole rings is 1. The molecule has 0 saturated heterocycles. The van der Waals surface area contributed by atoms with Crippen molar-refractivity contribution in [1.29, 1.82) is 0 Å². The molecule has 0 atom stereocenters. The molecule has 0 N–H and O–H groups in total. The van der Waals surface area contributed by atoms with Crippen molar-refractivity contribution in [2.45, 2.75) is 13.1 Å². The average molecular weight is 943 g/mol. The van der Waals surface area contributed by atoms with E-state index in [9.17, 15) is 0 Å². The van der Waals surface area contributed by atoms with Crippen LogP contribution in [0.2, 0.25) is 13.1 Å². The fraction of sp³-hybridized carbons (Fsp3) is 0.0323. The number of fused-ring (bicyclic) bond motifs is 6. The number of aromatic nitrogens is 4. The van der Waals surface area contributed by atoms with E-state index in [-0.39, 0.29) is 6.71 Å². The third-order valence-electron chi connectivity index (χ3n) is 15.3. The highest BCUT2D eigenvalue weighted by atomic mass is 28.3. The molecule has 0 fully saturated rings. The first kappa shape index (κ1) is 39.7. The summed E-state index contributed by atoms with van der Waals surface area (Å²) in [4.78, 5) is 5.02. The second-order valence-corrected chi connectivity index (χ2v) is 23.9. The molecule has 0 saturated carbocycles. The largest absolute Gasteiger partial charge is 0.458 e. The summed E-state index contributed by atoms with van der Waals surface area (Å²) in [7, 11) is -2.22. The van der Waals surface area contributed by atoms with Crippen LogP contribution in [0.3, 0.4) is 0 Å². The molecule has 9 aromatic carbocycles. The zero-order valence-electron chi connectivity index (χ0n) is 39.1. The van der Waals surface area contributed by atoms with Crippen LogP contribution in [0.1, 0.15) is 0 Å². The van der Waals surface area contributed by atoms with Gasteiger partial charge in [-0.2, -0.15) is 0 Å². The van der Waals surface area contributed by atoms with Crippen LogP contribution in [-0.2, 0) is 0 Å². The lowest BCUT2D eigenvalue weighted by Crippen LogP contribution is -2.59. The van der Waals surface area contributed by atoms with E-state index in [0.717, 1.165) is 123 Å². The van der Waals surface area contributed by atoms with Gasteiger partial charge in [0.25, 0.3) is 13.0 Å². The van der Waals surface area contributed by atoms with E-state index in [1.54, 1.807) is 0 Å². The molecule has 4 aliphatic heterocycles. The lowest BCUT2D eigenvalue weighted by molar-refractivity contribution is -0.571. The molecule has 0 amide bonds. The van der Waals surface area contributed by atoms with Crippen LogP contribution in [-0.4, -0.2) is 28.9 Å². The third-order valence-corrected chi connectivity index (χ3v) is 18.8. The van der Waals surface area contributed by atoms with E-state index in [4.69, 9.17) is 23.9 Å². The monoisotopic (exact) mass is 942 g/mol. The van der Waals surface area contributed by atoms with Crippen molar-refractivity contribution in [2.24, 2.45) is 0 Å². The molecule has 72 heavy (non-hydrogen) atoms. The summed E-state index contributed by atoms with van der Waals surface area (Å²) >= 11 is 0. The van der Waals surface area contributed by atoms with Gasteiger partial charge in [-0.3, -0.25) is 13.7 Å². The lowest BCUT2D eigenvalue weighted by atomic mass is 9.34. The minimum atomic E-state index is -2.22. The minimum absolute atomic E-state index is 0.0968. The smallest absolute Gasteiger partial charge is 0.270 e. The predicted molar refractivity (Wildman–Crippen MR) is 288 cm³/mol. The van der Waals surface area contributed by atoms with Gasteiger partial charge in [0.1, 0.15) is 59.7 Å². The molecule has 0 unspecified atom stereocenters. The Morgan fingerprint density at radius 1 is 0.569 bits per heavy atom. The number of hydrogen-bond acceptors (Lipinski definition) is 5. The Kier molecular flexibility index (Phi) is 7.98. The highest BCUT2D eigenvalue weighted by molar-refractivity contribution is 7.02. The van der Waals surface area contributed by atoms with Crippen molar-refractivity contribution in [1.82, 2.24) is 14.1 Å². The van der Waals surface area contributed by atoms with E-state index >= 15 is 0 Å². The zero-order chi connectivity index (χ0) is 47.4. The Hall–Kier alpha value is -9.12. The number of nitrogens with zero attached hydrogens (tertiary/aromatic N) is 4. The average Bonchev–Trinajstić information content (AvgIpc) is 3.97. The standard InChI is InChI=1S/C62H39BN4O4Si/c1-72(2)53-31-30-41(34-46(53)66-36-65(45-24-11-29-54(72)60(45)66)59-42(37-15-5-3-6-16-37)21-10-22-43(59)38-17-7-4-8-18-38)68-40-20-9-19-39(33-40)67-47-35-52-58-61(55(47)44-23-14-32-64-62(44)67)71-51-28-13-26-49-57(51)63(58)56-48(69-49)25-12-27-50(56)70-52/h3-35H,1-2H3. The fourth-order valence-electron chi connectivity index (χ4n) is 12.2. The van der Waals surface area contributed by atoms with E-state index < -0.39 is 8.07 Å². The summed E-state index contributed by atoms with van der Waals surface area (Å²) in [6.07, 6.45) is 5.78. The van der Waals surface area contributed by atoms with Gasteiger partial charge in [-0.05, 0) is 93.3 Å². The number of rotatable bonds is 6. The zero-order valence-corrected chi connectivity index (χ0v) is 40.1. The number of benzene rings is 9. The molecule has 338 valence electrons. The van der Waals surface area contributed by atoms with Gasteiger partial charge < -0.3 is 18.9 Å². The summed E-state index contributed by atoms with van der Waals surface area (Å²) in [5.41, 5.74) is 14.7. The van der Waals surface area contributed by atoms with Crippen molar-refractivity contribution in [2.75, 3.05) is 0 Å². The first-order valence-corrected chi connectivity index (χ1v) is 27.4. The Labute approximate surface area is 415 Å². The molecule has 0 spiro atoms. The Balaban J connectivity index is 0.836. The normalized spacial score (nSPS) is 13.8. The maximum absolute atomic E-state index is 6.98. The highest BCUT2D eigenvalue weighted by Gasteiger charge is 2.47. The lowest BCUT2D eigenvalue weighted by Gasteiger charge is -2.37. The molecule has 10 heteroatoms. The number of ether oxygens (including phenoxy) is 4. The molecule has 0 aliphatic carbocycles. The first-order valence-electron chi connectivity index (χ1n) is 24.4. The molecule has 16 rings (SSSR count). The summed E-state index contributed by atoms with van der Waals surface area (Å²) in [5, 5.41) is 4.67. The van der Waals surface area contributed by atoms with Crippen LogP contribution in [0, 0.1) is 6.33 Å². The number of para-hydroxylation sites is 2. The molecular formula is C62H39BN4O4Si. The van der Waals surface area contributed by atoms with Gasteiger partial charge in [0, 0.05) is 40.1 Å². The van der Waals surface area contributed by atoms with Crippen LogP contribution in [0.15, 0.2) is 200 Å². The molecule has 8 nitrogen and oxygen atoms in total.